The summed E-state index contributed by atoms with van der Waals surface area (Å²) in [6.07, 6.45) is 11.1. The first kappa shape index (κ1) is 31.3. The van der Waals surface area contributed by atoms with Crippen molar-refractivity contribution in [2.45, 2.75) is 131 Å². The van der Waals surface area contributed by atoms with Gasteiger partial charge >= 0.3 is 5.97 Å². The lowest BCUT2D eigenvalue weighted by Crippen LogP contribution is -2.64. The molecule has 4 rings (SSSR count). The van der Waals surface area contributed by atoms with Crippen LogP contribution in [0.25, 0.3) is 0 Å². The van der Waals surface area contributed by atoms with Gasteiger partial charge in [0.05, 0.1) is 0 Å². The Morgan fingerprint density at radius 2 is 1.68 bits per heavy atom. The number of carbonyl (C=O) groups excluding carboxylic acids is 1. The maximum Gasteiger partial charge on any atom is 0.302 e. The first-order valence-corrected chi connectivity index (χ1v) is 18.5. The van der Waals surface area contributed by atoms with Gasteiger partial charge in [0.25, 0.3) is 0 Å². The Morgan fingerprint density at radius 1 is 1.00 bits per heavy atom. The van der Waals surface area contributed by atoms with E-state index in [2.05, 4.69) is 105 Å². The monoisotopic (exact) mass is 770 g/mol. The molecule has 4 aliphatic carbocycles. The summed E-state index contributed by atoms with van der Waals surface area (Å²) in [5.41, 5.74) is 0.666. The third-order valence-corrected chi connectivity index (χ3v) is 19.2. The lowest BCUT2D eigenvalue weighted by atomic mass is 9.44. The fourth-order valence-electron chi connectivity index (χ4n) is 10.2. The molecule has 0 amide bonds. The molecule has 0 N–H and O–H groups in total. The van der Waals surface area contributed by atoms with Crippen LogP contribution >= 0.6 is 63.7 Å². The van der Waals surface area contributed by atoms with Crippen LogP contribution in [0.3, 0.4) is 0 Å². The molecule has 4 aliphatic rings. The minimum Gasteiger partial charge on any atom is -0.463 e. The Hall–Kier alpha value is 1.39. The van der Waals surface area contributed by atoms with Gasteiger partial charge in [0.15, 0.2) is 0 Å². The number of alkyl halides is 4. The fourth-order valence-corrected chi connectivity index (χ4v) is 14.6. The van der Waals surface area contributed by atoms with Gasteiger partial charge in [0.2, 0.25) is 0 Å². The zero-order valence-electron chi connectivity index (χ0n) is 24.0. The molecule has 0 heterocycles. The van der Waals surface area contributed by atoms with Crippen molar-refractivity contribution in [3.8, 4) is 0 Å². The summed E-state index contributed by atoms with van der Waals surface area (Å²) in [6.45, 7) is 16.4. The molecule has 4 fully saturated rings. The molecule has 2 nitrogen and oxygen atoms in total. The van der Waals surface area contributed by atoms with E-state index >= 15 is 0 Å². The van der Waals surface area contributed by atoms with Crippen LogP contribution in [0.15, 0.2) is 0 Å². The Morgan fingerprint density at radius 3 is 2.27 bits per heavy atom. The fraction of sp³-hybridized carbons (Fsp3) is 0.968. The molecule has 0 aliphatic heterocycles. The molecule has 0 radical (unpaired) electrons. The van der Waals surface area contributed by atoms with Gasteiger partial charge in [0.1, 0.15) is 6.10 Å². The normalized spacial score (nSPS) is 46.8. The second-order valence-corrected chi connectivity index (χ2v) is 18.8. The predicted octanol–water partition coefficient (Wildman–Crippen LogP) is 10.3. The van der Waals surface area contributed by atoms with Crippen molar-refractivity contribution in [3.05, 3.63) is 0 Å². The Kier molecular flexibility index (Phi) is 9.80. The summed E-state index contributed by atoms with van der Waals surface area (Å²) in [7, 11) is 0. The maximum atomic E-state index is 11.7. The van der Waals surface area contributed by atoms with E-state index in [1.54, 1.807) is 6.92 Å². The van der Waals surface area contributed by atoms with Gasteiger partial charge in [-0.15, -0.1) is 0 Å². The van der Waals surface area contributed by atoms with Crippen molar-refractivity contribution in [1.82, 2.24) is 0 Å². The van der Waals surface area contributed by atoms with Crippen LogP contribution in [0, 0.1) is 52.3 Å². The van der Waals surface area contributed by atoms with Crippen molar-refractivity contribution >= 4 is 69.7 Å². The number of esters is 1. The van der Waals surface area contributed by atoms with Gasteiger partial charge in [-0.3, -0.25) is 4.79 Å². The number of fused-ring (bicyclic) bond motifs is 5. The van der Waals surface area contributed by atoms with Crippen LogP contribution in [0.5, 0.6) is 0 Å². The van der Waals surface area contributed by atoms with Crippen molar-refractivity contribution < 1.29 is 9.53 Å². The van der Waals surface area contributed by atoms with Gasteiger partial charge in [-0.25, -0.2) is 0 Å². The van der Waals surface area contributed by atoms with E-state index in [1.165, 1.54) is 38.5 Å². The molecule has 0 aromatic rings. The quantitative estimate of drug-likeness (QED) is 0.190. The smallest absolute Gasteiger partial charge is 0.302 e. The second kappa shape index (κ2) is 11.6. The van der Waals surface area contributed by atoms with E-state index in [0.717, 1.165) is 42.9 Å². The summed E-state index contributed by atoms with van der Waals surface area (Å²) in [5.74, 6) is 5.06. The van der Waals surface area contributed by atoms with Crippen LogP contribution < -0.4 is 0 Å². The van der Waals surface area contributed by atoms with Crippen molar-refractivity contribution in [1.29, 1.82) is 0 Å². The highest BCUT2D eigenvalue weighted by Gasteiger charge is 2.67. The van der Waals surface area contributed by atoms with Gasteiger partial charge in [0, 0.05) is 32.2 Å². The standard InChI is InChI=1S/C31H50Br4O2/c1-8-21(17(2)3)28(34)27(33)18(4)23-9-10-24-22-15-26(32)31(35)16-20(37-19(5)36)11-14-30(31,7)25(22)12-13-29(23,24)6/h17-18,20-28H,8-16H2,1-7H3/t18-,20-,21+,22-,23+,24-,25+,26-,27+,28-,29-,30-,31+/m0/s1. The Bertz CT molecular complexity index is 836. The SMILES string of the molecule is CC[C@H](C(C)C)[C@H](Br)[C@H](Br)[C@@H](C)[C@H]1CC[C@H]2[C@@H]3C[C@H](Br)[C@]4(Br)C[C@@H](OC(C)=O)CC[C@@]4(C)[C@@H]3CC[C@@]12C. The number of ether oxygens (including phenoxy) is 1. The van der Waals surface area contributed by atoms with Crippen molar-refractivity contribution in [3.63, 3.8) is 0 Å². The topological polar surface area (TPSA) is 26.3 Å². The molecule has 6 heteroatoms. The van der Waals surface area contributed by atoms with Crippen LogP contribution in [0.4, 0.5) is 0 Å². The van der Waals surface area contributed by atoms with E-state index in [-0.39, 0.29) is 21.8 Å². The largest absolute Gasteiger partial charge is 0.463 e. The minimum atomic E-state index is -0.140. The predicted molar refractivity (Wildman–Crippen MR) is 170 cm³/mol. The number of carbonyl (C=O) groups is 1. The average Bonchev–Trinajstić information content (AvgIpc) is 3.17. The molecule has 0 unspecified atom stereocenters. The summed E-state index contributed by atoms with van der Waals surface area (Å²) in [6, 6.07) is 0. The molecular formula is C31H50Br4O2. The summed E-state index contributed by atoms with van der Waals surface area (Å²) in [5, 5.41) is 0. The zero-order chi connectivity index (χ0) is 27.5. The molecule has 0 aromatic carbocycles. The highest BCUT2D eigenvalue weighted by molar-refractivity contribution is 9.12. The summed E-state index contributed by atoms with van der Waals surface area (Å²) < 4.78 is 5.74. The van der Waals surface area contributed by atoms with E-state index in [9.17, 15) is 4.79 Å². The van der Waals surface area contributed by atoms with E-state index in [0.29, 0.717) is 37.7 Å². The Balaban J connectivity index is 1.54. The molecule has 4 saturated carbocycles. The number of hydrogen-bond donors (Lipinski definition) is 0. The third-order valence-electron chi connectivity index (χ3n) is 12.3. The molecule has 0 aromatic heterocycles. The van der Waals surface area contributed by atoms with Crippen LogP contribution in [-0.2, 0) is 9.53 Å². The number of rotatable bonds is 7. The molecular weight excluding hydrogens is 724 g/mol. The lowest BCUT2D eigenvalue weighted by molar-refractivity contribution is -0.155. The Labute approximate surface area is 260 Å². The molecule has 13 atom stereocenters. The van der Waals surface area contributed by atoms with Gasteiger partial charge in [-0.05, 0) is 97.2 Å². The van der Waals surface area contributed by atoms with Crippen LogP contribution in [0.2, 0.25) is 0 Å². The van der Waals surface area contributed by atoms with E-state index < -0.39 is 0 Å². The minimum absolute atomic E-state index is 0.00524. The second-order valence-electron chi connectivity index (χ2n) is 14.1. The lowest BCUT2D eigenvalue weighted by Gasteiger charge is -2.66. The highest BCUT2D eigenvalue weighted by Crippen LogP contribution is 2.72. The van der Waals surface area contributed by atoms with E-state index in [4.69, 9.17) is 4.74 Å². The zero-order valence-corrected chi connectivity index (χ0v) is 30.4. The van der Waals surface area contributed by atoms with Crippen LogP contribution in [-0.4, -0.2) is 30.9 Å². The van der Waals surface area contributed by atoms with Crippen molar-refractivity contribution in [2.75, 3.05) is 0 Å². The van der Waals surface area contributed by atoms with Gasteiger partial charge < -0.3 is 4.74 Å². The first-order chi connectivity index (χ1) is 17.2. The summed E-state index contributed by atoms with van der Waals surface area (Å²) >= 11 is 16.9. The number of halogens is 4. The molecule has 0 bridgehead atoms. The third kappa shape index (κ3) is 5.26. The summed E-state index contributed by atoms with van der Waals surface area (Å²) in [4.78, 5) is 13.2. The first-order valence-electron chi connectivity index (χ1n) is 15.0. The molecule has 0 spiro atoms. The maximum absolute atomic E-state index is 11.7. The highest BCUT2D eigenvalue weighted by atomic mass is 79.9. The average molecular weight is 774 g/mol. The molecule has 0 saturated heterocycles. The van der Waals surface area contributed by atoms with Crippen LogP contribution in [0.1, 0.15) is 106 Å². The number of hydrogen-bond acceptors (Lipinski definition) is 2. The molecule has 37 heavy (non-hydrogen) atoms. The van der Waals surface area contributed by atoms with Gasteiger partial charge in [-0.2, -0.15) is 0 Å². The van der Waals surface area contributed by atoms with E-state index in [1.807, 2.05) is 0 Å². The van der Waals surface area contributed by atoms with Crippen molar-refractivity contribution in [2.24, 2.45) is 52.3 Å². The van der Waals surface area contributed by atoms with Gasteiger partial charge in [-0.1, -0.05) is 112 Å². The molecule has 214 valence electrons.